The average Bonchev–Trinajstić information content (AvgIpc) is 2.30. The number of rotatable bonds is 1. The SMILES string of the molecule is CC(C)(C)C1CCN([SH](=O)=O)C1. The van der Waals surface area contributed by atoms with E-state index >= 15 is 0 Å². The quantitative estimate of drug-likeness (QED) is 0.625. The molecule has 1 atom stereocenters. The topological polar surface area (TPSA) is 37.4 Å². The molecule has 0 radical (unpaired) electrons. The van der Waals surface area contributed by atoms with Crippen molar-refractivity contribution in [1.29, 1.82) is 0 Å². The Morgan fingerprint density at radius 1 is 1.33 bits per heavy atom. The highest BCUT2D eigenvalue weighted by atomic mass is 32.2. The highest BCUT2D eigenvalue weighted by Crippen LogP contribution is 2.33. The van der Waals surface area contributed by atoms with Gasteiger partial charge < -0.3 is 0 Å². The summed E-state index contributed by atoms with van der Waals surface area (Å²) in [5.74, 6) is 0.519. The van der Waals surface area contributed by atoms with Crippen molar-refractivity contribution < 1.29 is 8.42 Å². The van der Waals surface area contributed by atoms with Gasteiger partial charge in [-0.25, -0.2) is 12.7 Å². The van der Waals surface area contributed by atoms with Crippen LogP contribution in [0.1, 0.15) is 27.2 Å². The van der Waals surface area contributed by atoms with Crippen molar-refractivity contribution in [3.63, 3.8) is 0 Å². The lowest BCUT2D eigenvalue weighted by Gasteiger charge is -2.26. The Bertz CT molecular complexity index is 222. The molecule has 0 bridgehead atoms. The van der Waals surface area contributed by atoms with E-state index in [1.807, 2.05) is 0 Å². The number of thiol groups is 1. The minimum Gasteiger partial charge on any atom is -0.215 e. The van der Waals surface area contributed by atoms with E-state index in [0.717, 1.165) is 6.42 Å². The Morgan fingerprint density at radius 3 is 2.17 bits per heavy atom. The first-order valence-electron chi connectivity index (χ1n) is 4.30. The van der Waals surface area contributed by atoms with Crippen LogP contribution >= 0.6 is 0 Å². The monoisotopic (exact) mass is 191 g/mol. The van der Waals surface area contributed by atoms with Gasteiger partial charge in [0.1, 0.15) is 0 Å². The summed E-state index contributed by atoms with van der Waals surface area (Å²) < 4.78 is 22.8. The van der Waals surface area contributed by atoms with E-state index in [1.165, 1.54) is 0 Å². The van der Waals surface area contributed by atoms with Crippen LogP contribution in [-0.4, -0.2) is 25.8 Å². The van der Waals surface area contributed by atoms with Crippen LogP contribution in [0.4, 0.5) is 0 Å². The molecule has 3 nitrogen and oxygen atoms in total. The van der Waals surface area contributed by atoms with Gasteiger partial charge in [0.25, 0.3) is 0 Å². The van der Waals surface area contributed by atoms with Gasteiger partial charge in [0.2, 0.25) is 10.9 Å². The summed E-state index contributed by atoms with van der Waals surface area (Å²) in [5, 5.41) is 0. The van der Waals surface area contributed by atoms with Crippen LogP contribution in [0, 0.1) is 11.3 Å². The number of hydrogen-bond donors (Lipinski definition) is 1. The Balaban J connectivity index is 2.57. The van der Waals surface area contributed by atoms with Gasteiger partial charge in [-0.2, -0.15) is 0 Å². The highest BCUT2D eigenvalue weighted by molar-refractivity contribution is 7.69. The molecule has 0 aliphatic carbocycles. The molecule has 1 heterocycles. The van der Waals surface area contributed by atoms with Crippen LogP contribution in [-0.2, 0) is 10.9 Å². The Morgan fingerprint density at radius 2 is 1.92 bits per heavy atom. The van der Waals surface area contributed by atoms with Crippen LogP contribution in [0.15, 0.2) is 0 Å². The fourth-order valence-electron chi connectivity index (χ4n) is 1.60. The second kappa shape index (κ2) is 3.34. The first-order chi connectivity index (χ1) is 5.41. The summed E-state index contributed by atoms with van der Waals surface area (Å²) >= 11 is 0. The summed E-state index contributed by atoms with van der Waals surface area (Å²) in [4.78, 5) is 0. The van der Waals surface area contributed by atoms with E-state index in [-0.39, 0.29) is 5.41 Å². The first-order valence-corrected chi connectivity index (χ1v) is 5.43. The fraction of sp³-hybridized carbons (Fsp3) is 1.00. The van der Waals surface area contributed by atoms with Crippen LogP contribution in [0.3, 0.4) is 0 Å². The van der Waals surface area contributed by atoms with Crippen molar-refractivity contribution in [3.05, 3.63) is 0 Å². The van der Waals surface area contributed by atoms with E-state index in [2.05, 4.69) is 20.8 Å². The summed E-state index contributed by atoms with van der Waals surface area (Å²) in [6.07, 6.45) is 1.01. The average molecular weight is 191 g/mol. The first kappa shape index (κ1) is 9.99. The van der Waals surface area contributed by atoms with E-state index in [0.29, 0.717) is 19.0 Å². The third-order valence-electron chi connectivity index (χ3n) is 2.62. The van der Waals surface area contributed by atoms with Gasteiger partial charge in [-0.05, 0) is 17.8 Å². The molecule has 0 spiro atoms. The lowest BCUT2D eigenvalue weighted by molar-refractivity contribution is 0.252. The predicted octanol–water partition coefficient (Wildman–Crippen LogP) is 0.881. The van der Waals surface area contributed by atoms with Crippen LogP contribution < -0.4 is 0 Å². The molecule has 0 amide bonds. The van der Waals surface area contributed by atoms with E-state index in [9.17, 15) is 8.42 Å². The smallest absolute Gasteiger partial charge is 0.203 e. The standard InChI is InChI=1S/C8H17NO2S/c1-8(2,3)7-4-5-9(6-7)12(10)11/h7,12H,4-6H2,1-3H3. The third-order valence-corrected chi connectivity index (χ3v) is 3.45. The van der Waals surface area contributed by atoms with Gasteiger partial charge in [-0.15, -0.1) is 0 Å². The van der Waals surface area contributed by atoms with Crippen molar-refractivity contribution in [2.75, 3.05) is 13.1 Å². The molecule has 1 unspecified atom stereocenters. The van der Waals surface area contributed by atoms with Crippen LogP contribution in [0.25, 0.3) is 0 Å². The largest absolute Gasteiger partial charge is 0.215 e. The summed E-state index contributed by atoms with van der Waals surface area (Å²) in [7, 11) is -2.34. The zero-order valence-electron chi connectivity index (χ0n) is 7.91. The lowest BCUT2D eigenvalue weighted by atomic mass is 9.80. The van der Waals surface area contributed by atoms with E-state index < -0.39 is 10.9 Å². The Kier molecular flexibility index (Phi) is 2.78. The molecule has 1 rings (SSSR count). The van der Waals surface area contributed by atoms with Gasteiger partial charge in [0.15, 0.2) is 0 Å². The number of nitrogens with zero attached hydrogens (tertiary/aromatic N) is 1. The molecule has 12 heavy (non-hydrogen) atoms. The molecular formula is C8H17NO2S. The zero-order valence-corrected chi connectivity index (χ0v) is 8.80. The molecule has 1 aliphatic heterocycles. The second-order valence-electron chi connectivity index (χ2n) is 4.50. The number of hydrogen-bond acceptors (Lipinski definition) is 2. The van der Waals surface area contributed by atoms with Crippen molar-refractivity contribution >= 4 is 10.9 Å². The summed E-state index contributed by atoms with van der Waals surface area (Å²) in [5.41, 5.74) is 0.236. The van der Waals surface area contributed by atoms with Crippen LogP contribution in [0.5, 0.6) is 0 Å². The molecule has 72 valence electrons. The maximum Gasteiger partial charge on any atom is 0.203 e. The molecule has 1 saturated heterocycles. The zero-order chi connectivity index (χ0) is 9.35. The molecule has 0 saturated carbocycles. The minimum atomic E-state index is -2.34. The van der Waals surface area contributed by atoms with Gasteiger partial charge >= 0.3 is 0 Å². The van der Waals surface area contributed by atoms with Crippen molar-refractivity contribution in [1.82, 2.24) is 4.31 Å². The second-order valence-corrected chi connectivity index (χ2v) is 5.54. The molecule has 0 aromatic rings. The van der Waals surface area contributed by atoms with E-state index in [1.54, 1.807) is 4.31 Å². The normalized spacial score (nSPS) is 26.8. The van der Waals surface area contributed by atoms with Crippen molar-refractivity contribution in [3.8, 4) is 0 Å². The Labute approximate surface area is 75.8 Å². The Hall–Kier alpha value is -0.0900. The van der Waals surface area contributed by atoms with Crippen molar-refractivity contribution in [2.45, 2.75) is 27.2 Å². The lowest BCUT2D eigenvalue weighted by Crippen LogP contribution is -2.25. The molecule has 1 aliphatic rings. The molecule has 0 aromatic carbocycles. The van der Waals surface area contributed by atoms with E-state index in [4.69, 9.17) is 0 Å². The summed E-state index contributed by atoms with van der Waals surface area (Å²) in [6, 6.07) is 0. The van der Waals surface area contributed by atoms with Gasteiger partial charge in [0, 0.05) is 13.1 Å². The van der Waals surface area contributed by atoms with Crippen LogP contribution in [0.2, 0.25) is 0 Å². The van der Waals surface area contributed by atoms with Crippen molar-refractivity contribution in [2.24, 2.45) is 11.3 Å². The van der Waals surface area contributed by atoms with Gasteiger partial charge in [-0.3, -0.25) is 0 Å². The third kappa shape index (κ3) is 2.20. The molecular weight excluding hydrogens is 174 g/mol. The molecule has 0 N–H and O–H groups in total. The van der Waals surface area contributed by atoms with Gasteiger partial charge in [0.05, 0.1) is 0 Å². The van der Waals surface area contributed by atoms with Gasteiger partial charge in [-0.1, -0.05) is 20.8 Å². The molecule has 4 heteroatoms. The predicted molar refractivity (Wildman–Crippen MR) is 49.4 cm³/mol. The highest BCUT2D eigenvalue weighted by Gasteiger charge is 2.32. The molecule has 1 fully saturated rings. The maximum atomic E-state index is 10.6. The fourth-order valence-corrected chi connectivity index (χ4v) is 2.21. The summed E-state index contributed by atoms with van der Waals surface area (Å²) in [6.45, 7) is 7.92. The minimum absolute atomic E-state index is 0.236. The molecule has 0 aromatic heterocycles. The maximum absolute atomic E-state index is 10.6.